The summed E-state index contributed by atoms with van der Waals surface area (Å²) >= 11 is 1.20. The van der Waals surface area contributed by atoms with Gasteiger partial charge in [0.05, 0.1) is 14.8 Å². The smallest absolute Gasteiger partial charge is 0.266 e. The van der Waals surface area contributed by atoms with Gasteiger partial charge in [-0.05, 0) is 80.6 Å². The lowest BCUT2D eigenvalue weighted by molar-refractivity contribution is -0.117. The van der Waals surface area contributed by atoms with E-state index in [9.17, 15) is 18.0 Å². The second-order valence-electron chi connectivity index (χ2n) is 8.30. The molecule has 9 heteroatoms. The van der Waals surface area contributed by atoms with Gasteiger partial charge < -0.3 is 10.6 Å². The summed E-state index contributed by atoms with van der Waals surface area (Å²) in [5.41, 5.74) is 3.08. The summed E-state index contributed by atoms with van der Waals surface area (Å²) in [4.78, 5) is 25.4. The highest BCUT2D eigenvalue weighted by Gasteiger charge is 2.30. The van der Waals surface area contributed by atoms with Gasteiger partial charge in [-0.3, -0.25) is 14.3 Å². The third-order valence-corrected chi connectivity index (χ3v) is 8.00. The van der Waals surface area contributed by atoms with Gasteiger partial charge in [0.15, 0.2) is 0 Å². The summed E-state index contributed by atoms with van der Waals surface area (Å²) in [6.45, 7) is 5.39. The maximum atomic E-state index is 13.0. The molecule has 4 rings (SSSR count). The van der Waals surface area contributed by atoms with E-state index >= 15 is 0 Å². The molecule has 0 radical (unpaired) electrons. The molecule has 1 aromatic heterocycles. The first-order valence-electron chi connectivity index (χ1n) is 10.6. The summed E-state index contributed by atoms with van der Waals surface area (Å²) in [5, 5.41) is 6.27. The summed E-state index contributed by atoms with van der Waals surface area (Å²) < 4.78 is 28.6. The summed E-state index contributed by atoms with van der Waals surface area (Å²) in [6.07, 6.45) is 1.81. The van der Waals surface area contributed by atoms with Crippen molar-refractivity contribution in [3.63, 3.8) is 0 Å². The lowest BCUT2D eigenvalue weighted by Crippen LogP contribution is -2.16. The number of hydrogen-bond donors (Lipinski definition) is 3. The fourth-order valence-electron chi connectivity index (χ4n) is 3.41. The monoisotopic (exact) mass is 483 g/mol. The van der Waals surface area contributed by atoms with Crippen LogP contribution in [0.3, 0.4) is 0 Å². The molecule has 2 amide bonds. The van der Waals surface area contributed by atoms with Crippen LogP contribution in [0.25, 0.3) is 0 Å². The van der Waals surface area contributed by atoms with E-state index in [0.29, 0.717) is 26.8 Å². The topological polar surface area (TPSA) is 104 Å². The lowest BCUT2D eigenvalue weighted by Gasteiger charge is -2.13. The maximum Gasteiger partial charge on any atom is 0.266 e. The number of thiophene rings is 1. The highest BCUT2D eigenvalue weighted by Crippen LogP contribution is 2.33. The van der Waals surface area contributed by atoms with Crippen LogP contribution >= 0.6 is 11.3 Å². The van der Waals surface area contributed by atoms with E-state index < -0.39 is 10.0 Å². The Hall–Kier alpha value is -3.17. The first-order chi connectivity index (χ1) is 15.6. The van der Waals surface area contributed by atoms with Crippen molar-refractivity contribution in [2.75, 3.05) is 15.4 Å². The van der Waals surface area contributed by atoms with Gasteiger partial charge in [-0.15, -0.1) is 11.3 Å². The van der Waals surface area contributed by atoms with Crippen LogP contribution in [-0.2, 0) is 14.8 Å². The predicted molar refractivity (Wildman–Crippen MR) is 132 cm³/mol. The van der Waals surface area contributed by atoms with E-state index in [1.807, 2.05) is 13.0 Å². The number of hydrogen-bond acceptors (Lipinski definition) is 5. The van der Waals surface area contributed by atoms with Crippen molar-refractivity contribution in [2.45, 2.75) is 38.5 Å². The number of carbonyl (C=O) groups excluding carboxylic acids is 2. The Morgan fingerprint density at radius 2 is 1.67 bits per heavy atom. The normalized spacial score (nSPS) is 13.4. The Kier molecular flexibility index (Phi) is 6.27. The average Bonchev–Trinajstić information content (AvgIpc) is 3.52. The SMILES string of the molecule is Cc1cccc(NS(=O)(=O)c2cc(NC(=O)c3sc(NC(=O)C4CC4)cc3C)ccc2C)c1. The van der Waals surface area contributed by atoms with E-state index in [4.69, 9.17) is 0 Å². The van der Waals surface area contributed by atoms with E-state index in [-0.39, 0.29) is 22.6 Å². The van der Waals surface area contributed by atoms with Crippen LogP contribution in [0.2, 0.25) is 0 Å². The Bertz CT molecular complexity index is 1340. The third kappa shape index (κ3) is 5.43. The number of benzene rings is 2. The van der Waals surface area contributed by atoms with Crippen LogP contribution in [-0.4, -0.2) is 20.2 Å². The van der Waals surface area contributed by atoms with Gasteiger partial charge in [0.1, 0.15) is 0 Å². The molecule has 0 spiro atoms. The van der Waals surface area contributed by atoms with Crippen LogP contribution < -0.4 is 15.4 Å². The first kappa shape index (κ1) is 23.0. The predicted octanol–water partition coefficient (Wildman–Crippen LogP) is 5.07. The van der Waals surface area contributed by atoms with Crippen molar-refractivity contribution in [1.29, 1.82) is 0 Å². The van der Waals surface area contributed by atoms with Gasteiger partial charge >= 0.3 is 0 Å². The Morgan fingerprint density at radius 3 is 2.36 bits per heavy atom. The minimum absolute atomic E-state index is 0.0160. The van der Waals surface area contributed by atoms with Gasteiger partial charge in [0.25, 0.3) is 15.9 Å². The van der Waals surface area contributed by atoms with Crippen LogP contribution in [0.4, 0.5) is 16.4 Å². The van der Waals surface area contributed by atoms with Gasteiger partial charge in [0.2, 0.25) is 5.91 Å². The molecular formula is C24H25N3O4S2. The molecule has 0 saturated heterocycles. The van der Waals surface area contributed by atoms with Crippen LogP contribution in [0.1, 0.15) is 39.2 Å². The minimum atomic E-state index is -3.85. The largest absolute Gasteiger partial charge is 0.321 e. The quantitative estimate of drug-likeness (QED) is 0.436. The number of anilines is 3. The molecule has 172 valence electrons. The number of amides is 2. The maximum absolute atomic E-state index is 13.0. The zero-order chi connectivity index (χ0) is 23.8. The van der Waals surface area contributed by atoms with E-state index in [0.717, 1.165) is 24.0 Å². The highest BCUT2D eigenvalue weighted by molar-refractivity contribution is 7.92. The highest BCUT2D eigenvalue weighted by atomic mass is 32.2. The summed E-state index contributed by atoms with van der Waals surface area (Å²) in [7, 11) is -3.85. The van der Waals surface area contributed by atoms with Crippen molar-refractivity contribution in [2.24, 2.45) is 5.92 Å². The minimum Gasteiger partial charge on any atom is -0.321 e. The van der Waals surface area contributed by atoms with Crippen molar-refractivity contribution < 1.29 is 18.0 Å². The molecule has 7 nitrogen and oxygen atoms in total. The molecule has 1 fully saturated rings. The zero-order valence-corrected chi connectivity index (χ0v) is 20.2. The molecule has 1 aliphatic carbocycles. The van der Waals surface area contributed by atoms with Crippen molar-refractivity contribution in [1.82, 2.24) is 0 Å². The molecule has 2 aromatic carbocycles. The van der Waals surface area contributed by atoms with E-state index in [1.54, 1.807) is 50.2 Å². The van der Waals surface area contributed by atoms with Crippen LogP contribution in [0.15, 0.2) is 53.4 Å². The second kappa shape index (κ2) is 8.99. The molecule has 1 saturated carbocycles. The number of aryl methyl sites for hydroxylation is 3. The number of sulfonamides is 1. The van der Waals surface area contributed by atoms with E-state index in [2.05, 4.69) is 15.4 Å². The summed E-state index contributed by atoms with van der Waals surface area (Å²) in [6, 6.07) is 13.6. The molecule has 33 heavy (non-hydrogen) atoms. The number of rotatable bonds is 7. The molecule has 0 unspecified atom stereocenters. The van der Waals surface area contributed by atoms with Gasteiger partial charge in [-0.1, -0.05) is 18.2 Å². The van der Waals surface area contributed by atoms with Crippen LogP contribution in [0, 0.1) is 26.7 Å². The van der Waals surface area contributed by atoms with Crippen LogP contribution in [0.5, 0.6) is 0 Å². The molecule has 0 aliphatic heterocycles. The van der Waals surface area contributed by atoms with Gasteiger partial charge in [0, 0.05) is 17.3 Å². The molecule has 3 aromatic rings. The Morgan fingerprint density at radius 1 is 0.909 bits per heavy atom. The Labute approximate surface area is 197 Å². The first-order valence-corrected chi connectivity index (χ1v) is 12.8. The molecule has 0 bridgehead atoms. The lowest BCUT2D eigenvalue weighted by atomic mass is 10.2. The van der Waals surface area contributed by atoms with E-state index in [1.165, 1.54) is 17.4 Å². The second-order valence-corrected chi connectivity index (χ2v) is 11.0. The van der Waals surface area contributed by atoms with Gasteiger partial charge in [-0.25, -0.2) is 8.42 Å². The molecule has 1 aliphatic rings. The molecule has 1 heterocycles. The van der Waals surface area contributed by atoms with Crippen molar-refractivity contribution in [3.05, 3.63) is 70.1 Å². The standard InChI is InChI=1S/C24H25N3O4S2/c1-14-5-4-6-19(11-14)27-33(30,31)20-13-18(10-7-15(20)2)25-24(29)22-16(3)12-21(32-22)26-23(28)17-8-9-17/h4-7,10-13,17,27H,8-9H2,1-3H3,(H,25,29)(H,26,28). The molecule has 3 N–H and O–H groups in total. The third-order valence-electron chi connectivity index (χ3n) is 5.32. The average molecular weight is 484 g/mol. The van der Waals surface area contributed by atoms with Gasteiger partial charge in [-0.2, -0.15) is 0 Å². The fraction of sp³-hybridized carbons (Fsp3) is 0.250. The number of nitrogens with one attached hydrogen (secondary N) is 3. The fourth-order valence-corrected chi connectivity index (χ4v) is 5.70. The molecule has 0 atom stereocenters. The summed E-state index contributed by atoms with van der Waals surface area (Å²) in [5.74, 6) is -0.299. The van der Waals surface area contributed by atoms with Crippen molar-refractivity contribution in [3.8, 4) is 0 Å². The Balaban J connectivity index is 1.52. The number of carbonyl (C=O) groups is 2. The molecular weight excluding hydrogens is 458 g/mol. The van der Waals surface area contributed by atoms with Crippen molar-refractivity contribution >= 4 is 49.6 Å². The zero-order valence-electron chi connectivity index (χ0n) is 18.6.